The first-order chi connectivity index (χ1) is 13.2. The summed E-state index contributed by atoms with van der Waals surface area (Å²) >= 11 is 0. The van der Waals surface area contributed by atoms with Gasteiger partial charge in [-0.25, -0.2) is 0 Å². The molecule has 4 nitrogen and oxygen atoms in total. The Balaban J connectivity index is 1.44. The molecule has 0 aliphatic carbocycles. The summed E-state index contributed by atoms with van der Waals surface area (Å²) in [5.74, 6) is 0.797. The molecule has 0 amide bonds. The molecule has 1 heterocycles. The van der Waals surface area contributed by atoms with Crippen LogP contribution in [0.5, 0.6) is 5.75 Å². The fourth-order valence-electron chi connectivity index (χ4n) is 3.63. The van der Waals surface area contributed by atoms with Gasteiger partial charge in [0.05, 0.1) is 7.11 Å². The summed E-state index contributed by atoms with van der Waals surface area (Å²) in [5, 5.41) is 0. The van der Waals surface area contributed by atoms with E-state index < -0.39 is 0 Å². The van der Waals surface area contributed by atoms with Crippen LogP contribution >= 0.6 is 0 Å². The van der Waals surface area contributed by atoms with Crippen LogP contribution in [-0.2, 0) is 16.0 Å². The van der Waals surface area contributed by atoms with Crippen LogP contribution in [0.2, 0.25) is 0 Å². The summed E-state index contributed by atoms with van der Waals surface area (Å²) in [6, 6.07) is 19.4. The molecular weight excluding hydrogens is 338 g/mol. The molecule has 144 valence electrons. The number of rotatable bonds is 9. The van der Waals surface area contributed by atoms with Gasteiger partial charge in [-0.2, -0.15) is 0 Å². The quantitative estimate of drug-likeness (QED) is 0.626. The third-order valence-corrected chi connectivity index (χ3v) is 5.17. The van der Waals surface area contributed by atoms with Gasteiger partial charge in [0, 0.05) is 12.5 Å². The van der Waals surface area contributed by atoms with Crippen LogP contribution in [0.15, 0.2) is 54.6 Å². The predicted molar refractivity (Wildman–Crippen MR) is 107 cm³/mol. The van der Waals surface area contributed by atoms with E-state index in [2.05, 4.69) is 53.4 Å². The first kappa shape index (κ1) is 19.4. The molecule has 1 saturated heterocycles. The van der Waals surface area contributed by atoms with E-state index in [-0.39, 0.29) is 5.97 Å². The van der Waals surface area contributed by atoms with E-state index in [1.165, 1.54) is 24.7 Å². The van der Waals surface area contributed by atoms with Gasteiger partial charge in [0.15, 0.2) is 0 Å². The van der Waals surface area contributed by atoms with Crippen molar-refractivity contribution in [2.75, 3.05) is 26.8 Å². The van der Waals surface area contributed by atoms with Crippen LogP contribution in [0, 0.1) is 0 Å². The molecule has 1 aliphatic heterocycles. The van der Waals surface area contributed by atoms with Gasteiger partial charge < -0.3 is 9.47 Å². The highest BCUT2D eigenvalue weighted by Gasteiger charge is 2.24. The minimum atomic E-state index is -0.127. The molecule has 0 radical (unpaired) electrons. The van der Waals surface area contributed by atoms with Crippen molar-refractivity contribution in [3.63, 3.8) is 0 Å². The van der Waals surface area contributed by atoms with Crippen molar-refractivity contribution < 1.29 is 14.3 Å². The maximum atomic E-state index is 11.3. The van der Waals surface area contributed by atoms with Crippen molar-refractivity contribution in [3.8, 4) is 5.75 Å². The molecule has 1 atom stereocenters. The summed E-state index contributed by atoms with van der Waals surface area (Å²) in [6.45, 7) is 2.72. The molecule has 0 N–H and O–H groups in total. The number of nitrogens with zero attached hydrogens (tertiary/aromatic N) is 1. The lowest BCUT2D eigenvalue weighted by Gasteiger charge is -2.24. The number of carbonyl (C=O) groups excluding carboxylic acids is 1. The highest BCUT2D eigenvalue weighted by molar-refractivity contribution is 5.69. The van der Waals surface area contributed by atoms with E-state index >= 15 is 0 Å². The van der Waals surface area contributed by atoms with E-state index in [0.29, 0.717) is 19.1 Å². The van der Waals surface area contributed by atoms with Crippen LogP contribution in [0.3, 0.4) is 0 Å². The van der Waals surface area contributed by atoms with E-state index in [0.717, 1.165) is 38.1 Å². The maximum absolute atomic E-state index is 11.3. The van der Waals surface area contributed by atoms with Crippen molar-refractivity contribution in [3.05, 3.63) is 65.7 Å². The number of benzene rings is 2. The third kappa shape index (κ3) is 6.10. The molecule has 0 bridgehead atoms. The lowest BCUT2D eigenvalue weighted by Crippen LogP contribution is -2.35. The Bertz CT molecular complexity index is 699. The summed E-state index contributed by atoms with van der Waals surface area (Å²) < 4.78 is 10.8. The Morgan fingerprint density at radius 1 is 1.07 bits per heavy atom. The number of hydrogen-bond donors (Lipinski definition) is 0. The molecule has 0 saturated carbocycles. The van der Waals surface area contributed by atoms with Crippen molar-refractivity contribution in [1.82, 2.24) is 4.90 Å². The first-order valence-corrected chi connectivity index (χ1v) is 9.81. The lowest BCUT2D eigenvalue weighted by atomic mass is 10.1. The van der Waals surface area contributed by atoms with Gasteiger partial charge >= 0.3 is 5.97 Å². The Hall–Kier alpha value is -2.33. The van der Waals surface area contributed by atoms with Crippen LogP contribution in [-0.4, -0.2) is 43.7 Å². The number of carbonyl (C=O) groups is 1. The van der Waals surface area contributed by atoms with Gasteiger partial charge in [-0.05, 0) is 62.0 Å². The second-order valence-electron chi connectivity index (χ2n) is 7.13. The molecule has 1 aliphatic rings. The summed E-state index contributed by atoms with van der Waals surface area (Å²) in [4.78, 5) is 13.7. The van der Waals surface area contributed by atoms with E-state index in [4.69, 9.17) is 9.47 Å². The fourth-order valence-corrected chi connectivity index (χ4v) is 3.63. The summed E-state index contributed by atoms with van der Waals surface area (Å²) in [5.41, 5.74) is 2.61. The Kier molecular flexibility index (Phi) is 7.28. The average Bonchev–Trinajstić information content (AvgIpc) is 3.15. The van der Waals surface area contributed by atoms with E-state index in [1.807, 2.05) is 6.07 Å². The monoisotopic (exact) mass is 367 g/mol. The topological polar surface area (TPSA) is 38.8 Å². The molecular formula is C23H29NO3. The summed E-state index contributed by atoms with van der Waals surface area (Å²) in [7, 11) is 1.44. The summed E-state index contributed by atoms with van der Waals surface area (Å²) in [6.07, 6.45) is 4.63. The zero-order valence-corrected chi connectivity index (χ0v) is 16.1. The molecule has 2 aromatic rings. The molecule has 1 fully saturated rings. The molecule has 1 unspecified atom stereocenters. The highest BCUT2D eigenvalue weighted by atomic mass is 16.5. The third-order valence-electron chi connectivity index (χ3n) is 5.17. The number of ether oxygens (including phenoxy) is 2. The lowest BCUT2D eigenvalue weighted by molar-refractivity contribution is -0.140. The van der Waals surface area contributed by atoms with Crippen molar-refractivity contribution in [2.24, 2.45) is 0 Å². The van der Waals surface area contributed by atoms with E-state index in [9.17, 15) is 4.79 Å². The highest BCUT2D eigenvalue weighted by Crippen LogP contribution is 2.21. The van der Waals surface area contributed by atoms with Gasteiger partial charge in [0.2, 0.25) is 0 Å². The molecule has 3 rings (SSSR count). The second kappa shape index (κ2) is 10.1. The largest absolute Gasteiger partial charge is 0.492 e. The molecule has 0 aromatic heterocycles. The van der Waals surface area contributed by atoms with E-state index in [1.54, 1.807) is 0 Å². The van der Waals surface area contributed by atoms with Gasteiger partial charge in [0.1, 0.15) is 12.4 Å². The predicted octanol–water partition coefficient (Wildman–Crippen LogP) is 4.07. The van der Waals surface area contributed by atoms with Crippen molar-refractivity contribution in [1.29, 1.82) is 0 Å². The van der Waals surface area contributed by atoms with Crippen LogP contribution in [0.4, 0.5) is 0 Å². The van der Waals surface area contributed by atoms with Crippen molar-refractivity contribution >= 4 is 5.97 Å². The molecule has 4 heteroatoms. The minimum Gasteiger partial charge on any atom is -0.492 e. The molecule has 27 heavy (non-hydrogen) atoms. The first-order valence-electron chi connectivity index (χ1n) is 9.81. The van der Waals surface area contributed by atoms with Gasteiger partial charge in [-0.15, -0.1) is 0 Å². The minimum absolute atomic E-state index is 0.127. The average molecular weight is 367 g/mol. The van der Waals surface area contributed by atoms with Gasteiger partial charge in [0.25, 0.3) is 0 Å². The second-order valence-corrected chi connectivity index (χ2v) is 7.13. The standard InChI is InChI=1S/C23H29NO3/c1-26-23(25)10-6-16-24-15-5-9-21(24)18-27-22-13-11-20(12-14-22)17-19-7-3-2-4-8-19/h2-4,7-8,11-14,21H,5-6,9-10,15-18H2,1H3. The van der Waals surface area contributed by atoms with Crippen LogP contribution < -0.4 is 4.74 Å². The van der Waals surface area contributed by atoms with Gasteiger partial charge in [-0.3, -0.25) is 9.69 Å². The normalized spacial score (nSPS) is 17.0. The fraction of sp³-hybridized carbons (Fsp3) is 0.435. The smallest absolute Gasteiger partial charge is 0.305 e. The zero-order valence-electron chi connectivity index (χ0n) is 16.1. The van der Waals surface area contributed by atoms with Gasteiger partial charge in [-0.1, -0.05) is 42.5 Å². The Morgan fingerprint density at radius 3 is 2.56 bits per heavy atom. The number of hydrogen-bond acceptors (Lipinski definition) is 4. The molecule has 2 aromatic carbocycles. The zero-order chi connectivity index (χ0) is 18.9. The molecule has 0 spiro atoms. The number of likely N-dealkylation sites (tertiary alicyclic amines) is 1. The SMILES string of the molecule is COC(=O)CCCN1CCCC1COc1ccc(Cc2ccccc2)cc1. The van der Waals surface area contributed by atoms with Crippen molar-refractivity contribution in [2.45, 2.75) is 38.1 Å². The number of methoxy groups -OCH3 is 1. The van der Waals surface area contributed by atoms with Crippen LogP contribution in [0.1, 0.15) is 36.8 Å². The maximum Gasteiger partial charge on any atom is 0.305 e. The number of esters is 1. The Morgan fingerprint density at radius 2 is 1.81 bits per heavy atom. The van der Waals surface area contributed by atoms with Crippen LogP contribution in [0.25, 0.3) is 0 Å². The Labute approximate surface area is 162 Å².